The van der Waals surface area contributed by atoms with Crippen LogP contribution in [0.2, 0.25) is 0 Å². The summed E-state index contributed by atoms with van der Waals surface area (Å²) in [4.78, 5) is 14.8. The number of carbonyl (C=O) groups excluding carboxylic acids is 1. The Labute approximate surface area is 132 Å². The Kier molecular flexibility index (Phi) is 4.67. The molecule has 120 valence electrons. The van der Waals surface area contributed by atoms with Gasteiger partial charge in [-0.2, -0.15) is 0 Å². The van der Waals surface area contributed by atoms with E-state index in [1.807, 2.05) is 29.2 Å². The first-order valence-electron chi connectivity index (χ1n) is 8.36. The summed E-state index contributed by atoms with van der Waals surface area (Å²) in [6, 6.07) is 8.58. The van der Waals surface area contributed by atoms with Crippen LogP contribution < -0.4 is 10.5 Å². The van der Waals surface area contributed by atoms with Gasteiger partial charge in [0.25, 0.3) is 0 Å². The van der Waals surface area contributed by atoms with Crippen molar-refractivity contribution in [3.8, 4) is 5.75 Å². The van der Waals surface area contributed by atoms with Crippen LogP contribution in [-0.4, -0.2) is 30.0 Å². The summed E-state index contributed by atoms with van der Waals surface area (Å²) >= 11 is 0. The molecule has 0 saturated heterocycles. The Morgan fingerprint density at radius 1 is 1.27 bits per heavy atom. The molecule has 1 aromatic rings. The van der Waals surface area contributed by atoms with E-state index >= 15 is 0 Å². The summed E-state index contributed by atoms with van der Waals surface area (Å²) in [6.45, 7) is 0.648. The molecule has 0 heterocycles. The Balaban J connectivity index is 1.68. The highest BCUT2D eigenvalue weighted by molar-refractivity contribution is 5.77. The molecule has 4 heteroatoms. The molecule has 0 spiro atoms. The Morgan fingerprint density at radius 2 is 2.05 bits per heavy atom. The average molecular weight is 302 g/mol. The summed E-state index contributed by atoms with van der Waals surface area (Å²) in [7, 11) is 1.68. The van der Waals surface area contributed by atoms with E-state index in [-0.39, 0.29) is 11.9 Å². The second-order valence-electron chi connectivity index (χ2n) is 6.62. The van der Waals surface area contributed by atoms with Gasteiger partial charge in [-0.25, -0.2) is 0 Å². The quantitative estimate of drug-likeness (QED) is 0.879. The smallest absolute Gasteiger partial charge is 0.223 e. The first-order chi connectivity index (χ1) is 10.7. The number of benzene rings is 1. The van der Waals surface area contributed by atoms with Gasteiger partial charge in [-0.3, -0.25) is 4.79 Å². The molecule has 2 saturated carbocycles. The third-order valence-corrected chi connectivity index (χ3v) is 5.00. The van der Waals surface area contributed by atoms with Crippen LogP contribution in [0, 0.1) is 5.92 Å². The van der Waals surface area contributed by atoms with Crippen molar-refractivity contribution in [2.24, 2.45) is 11.7 Å². The molecule has 0 bridgehead atoms. The van der Waals surface area contributed by atoms with Crippen LogP contribution in [0.25, 0.3) is 0 Å². The van der Waals surface area contributed by atoms with Crippen LogP contribution in [-0.2, 0) is 11.3 Å². The zero-order valence-electron chi connectivity index (χ0n) is 13.3. The monoisotopic (exact) mass is 302 g/mol. The van der Waals surface area contributed by atoms with Crippen molar-refractivity contribution in [1.82, 2.24) is 4.90 Å². The molecule has 3 rings (SSSR count). The molecule has 22 heavy (non-hydrogen) atoms. The molecule has 1 amide bonds. The van der Waals surface area contributed by atoms with Gasteiger partial charge in [0.2, 0.25) is 5.91 Å². The SMILES string of the molecule is COc1ccccc1CN(C(=O)C[C@@H]1CCC[C@H]1N)C1CC1. The van der Waals surface area contributed by atoms with E-state index in [9.17, 15) is 4.79 Å². The number of amides is 1. The lowest BCUT2D eigenvalue weighted by atomic mass is 9.99. The summed E-state index contributed by atoms with van der Waals surface area (Å²) in [5.74, 6) is 1.49. The molecule has 2 atom stereocenters. The second-order valence-corrected chi connectivity index (χ2v) is 6.62. The van der Waals surface area contributed by atoms with Crippen LogP contribution in [0.3, 0.4) is 0 Å². The third kappa shape index (κ3) is 3.43. The van der Waals surface area contributed by atoms with E-state index in [1.165, 1.54) is 0 Å². The standard InChI is InChI=1S/C18H26N2O2/c1-22-17-8-3-2-5-14(17)12-20(15-9-10-15)18(21)11-13-6-4-7-16(13)19/h2-3,5,8,13,15-16H,4,6-7,9-12,19H2,1H3/t13-,16+/m0/s1. The van der Waals surface area contributed by atoms with Crippen LogP contribution in [0.1, 0.15) is 44.1 Å². The number of nitrogens with zero attached hydrogens (tertiary/aromatic N) is 1. The maximum absolute atomic E-state index is 12.8. The maximum Gasteiger partial charge on any atom is 0.223 e. The van der Waals surface area contributed by atoms with Crippen molar-refractivity contribution >= 4 is 5.91 Å². The number of hydrogen-bond donors (Lipinski definition) is 1. The molecule has 2 fully saturated rings. The van der Waals surface area contributed by atoms with Gasteiger partial charge < -0.3 is 15.4 Å². The van der Waals surface area contributed by atoms with Gasteiger partial charge in [0, 0.05) is 30.6 Å². The number of para-hydroxylation sites is 1. The lowest BCUT2D eigenvalue weighted by molar-refractivity contribution is -0.133. The van der Waals surface area contributed by atoms with E-state index in [0.717, 1.165) is 43.4 Å². The first-order valence-corrected chi connectivity index (χ1v) is 8.36. The van der Waals surface area contributed by atoms with Crippen molar-refractivity contribution in [2.45, 2.75) is 57.2 Å². The lowest BCUT2D eigenvalue weighted by Crippen LogP contribution is -2.36. The van der Waals surface area contributed by atoms with E-state index in [4.69, 9.17) is 10.5 Å². The number of hydrogen-bond acceptors (Lipinski definition) is 3. The van der Waals surface area contributed by atoms with Crippen molar-refractivity contribution in [1.29, 1.82) is 0 Å². The van der Waals surface area contributed by atoms with Gasteiger partial charge in [-0.1, -0.05) is 24.6 Å². The van der Waals surface area contributed by atoms with E-state index in [1.54, 1.807) is 7.11 Å². The van der Waals surface area contributed by atoms with Gasteiger partial charge in [0.15, 0.2) is 0 Å². The topological polar surface area (TPSA) is 55.6 Å². The largest absolute Gasteiger partial charge is 0.496 e. The molecule has 2 aliphatic rings. The average Bonchev–Trinajstić information content (AvgIpc) is 3.29. The van der Waals surface area contributed by atoms with Crippen LogP contribution in [0.4, 0.5) is 0 Å². The fourth-order valence-corrected chi connectivity index (χ4v) is 3.48. The van der Waals surface area contributed by atoms with E-state index in [0.29, 0.717) is 24.9 Å². The molecule has 2 aliphatic carbocycles. The minimum Gasteiger partial charge on any atom is -0.496 e. The minimum absolute atomic E-state index is 0.205. The molecule has 0 radical (unpaired) electrons. The molecule has 1 aromatic carbocycles. The number of rotatable bonds is 6. The zero-order chi connectivity index (χ0) is 15.5. The van der Waals surface area contributed by atoms with Crippen LogP contribution >= 0.6 is 0 Å². The number of methoxy groups -OCH3 is 1. The number of carbonyl (C=O) groups is 1. The third-order valence-electron chi connectivity index (χ3n) is 5.00. The van der Waals surface area contributed by atoms with Crippen molar-refractivity contribution in [3.63, 3.8) is 0 Å². The molecular weight excluding hydrogens is 276 g/mol. The summed E-state index contributed by atoms with van der Waals surface area (Å²) in [5.41, 5.74) is 7.21. The maximum atomic E-state index is 12.8. The van der Waals surface area contributed by atoms with E-state index in [2.05, 4.69) is 0 Å². The van der Waals surface area contributed by atoms with E-state index < -0.39 is 0 Å². The predicted molar refractivity (Wildman–Crippen MR) is 86.5 cm³/mol. The predicted octanol–water partition coefficient (Wildman–Crippen LogP) is 2.70. The second kappa shape index (κ2) is 6.69. The lowest BCUT2D eigenvalue weighted by Gasteiger charge is -2.26. The van der Waals surface area contributed by atoms with Gasteiger partial charge in [0.1, 0.15) is 5.75 Å². The first kappa shape index (κ1) is 15.3. The van der Waals surface area contributed by atoms with Crippen LogP contribution in [0.5, 0.6) is 5.75 Å². The van der Waals surface area contributed by atoms with Gasteiger partial charge >= 0.3 is 0 Å². The summed E-state index contributed by atoms with van der Waals surface area (Å²) < 4.78 is 5.42. The fourth-order valence-electron chi connectivity index (χ4n) is 3.48. The number of nitrogens with two attached hydrogens (primary N) is 1. The summed E-state index contributed by atoms with van der Waals surface area (Å²) in [5, 5.41) is 0. The Morgan fingerprint density at radius 3 is 2.68 bits per heavy atom. The molecule has 0 unspecified atom stereocenters. The number of ether oxygens (including phenoxy) is 1. The van der Waals surface area contributed by atoms with Crippen molar-refractivity contribution in [3.05, 3.63) is 29.8 Å². The van der Waals surface area contributed by atoms with Gasteiger partial charge in [-0.05, 0) is 37.7 Å². The highest BCUT2D eigenvalue weighted by Gasteiger charge is 2.35. The molecule has 2 N–H and O–H groups in total. The highest BCUT2D eigenvalue weighted by atomic mass is 16.5. The fraction of sp³-hybridized carbons (Fsp3) is 0.611. The Bertz CT molecular complexity index is 528. The molecule has 0 aliphatic heterocycles. The van der Waals surface area contributed by atoms with Crippen molar-refractivity contribution in [2.75, 3.05) is 7.11 Å². The van der Waals surface area contributed by atoms with Crippen LogP contribution in [0.15, 0.2) is 24.3 Å². The minimum atomic E-state index is 0.205. The Hall–Kier alpha value is -1.55. The molecule has 4 nitrogen and oxygen atoms in total. The zero-order valence-corrected chi connectivity index (χ0v) is 13.3. The molecular formula is C18H26N2O2. The van der Waals surface area contributed by atoms with Gasteiger partial charge in [0.05, 0.1) is 7.11 Å². The van der Waals surface area contributed by atoms with Crippen molar-refractivity contribution < 1.29 is 9.53 Å². The normalized spacial score (nSPS) is 24.3. The summed E-state index contributed by atoms with van der Waals surface area (Å²) in [6.07, 6.45) is 6.17. The highest BCUT2D eigenvalue weighted by Crippen LogP contribution is 2.33. The van der Waals surface area contributed by atoms with Gasteiger partial charge in [-0.15, -0.1) is 0 Å². The molecule has 0 aromatic heterocycles.